The zero-order chi connectivity index (χ0) is 19.2. The van der Waals surface area contributed by atoms with E-state index in [1.807, 2.05) is 31.2 Å². The van der Waals surface area contributed by atoms with E-state index in [4.69, 9.17) is 21.2 Å². The summed E-state index contributed by atoms with van der Waals surface area (Å²) < 4.78 is 33.0. The fourth-order valence-corrected chi connectivity index (χ4v) is 5.49. The smallest absolute Gasteiger partial charge is 0.246 e. The van der Waals surface area contributed by atoms with Crippen LogP contribution in [0.15, 0.2) is 52.5 Å². The zero-order valence-electron chi connectivity index (χ0n) is 14.9. The highest BCUT2D eigenvalue weighted by molar-refractivity contribution is 7.89. The summed E-state index contributed by atoms with van der Waals surface area (Å²) >= 11 is 6.02. The van der Waals surface area contributed by atoms with Crippen molar-refractivity contribution in [3.63, 3.8) is 0 Å². The molecule has 1 saturated heterocycles. The average Bonchev–Trinajstić information content (AvgIpc) is 3.23. The third-order valence-corrected chi connectivity index (χ3v) is 7.12. The lowest BCUT2D eigenvalue weighted by atomic mass is 9.92. The molecule has 2 aliphatic heterocycles. The van der Waals surface area contributed by atoms with Crippen molar-refractivity contribution < 1.29 is 18.0 Å². The highest BCUT2D eigenvalue weighted by Gasteiger charge is 2.47. The van der Waals surface area contributed by atoms with Crippen LogP contribution in [-0.4, -0.2) is 44.7 Å². The maximum atomic E-state index is 13.2. The molecule has 4 rings (SSSR count). The Labute approximate surface area is 163 Å². The van der Waals surface area contributed by atoms with Crippen molar-refractivity contribution >= 4 is 27.3 Å². The van der Waals surface area contributed by atoms with Gasteiger partial charge in [-0.3, -0.25) is 0 Å². The molecule has 0 amide bonds. The van der Waals surface area contributed by atoms with Gasteiger partial charge in [0.25, 0.3) is 0 Å². The number of methoxy groups -OCH3 is 1. The van der Waals surface area contributed by atoms with E-state index in [1.54, 1.807) is 12.1 Å². The van der Waals surface area contributed by atoms with E-state index >= 15 is 0 Å². The van der Waals surface area contributed by atoms with Gasteiger partial charge in [-0.1, -0.05) is 41.0 Å². The standard InChI is InChI=1S/C19H19ClN2O4S/c1-12-5-3-4-6-14(12)19-15-10-22(11-17(15)26-21-19)27(23,24)18-9-13(20)7-8-16(18)25-2/h3-9,15,17H,10-11H2,1-2H3. The lowest BCUT2D eigenvalue weighted by molar-refractivity contribution is 0.0803. The summed E-state index contributed by atoms with van der Waals surface area (Å²) in [6, 6.07) is 12.5. The number of ether oxygens (including phenoxy) is 1. The minimum absolute atomic E-state index is 0.0619. The lowest BCUT2D eigenvalue weighted by Crippen LogP contribution is -2.31. The first kappa shape index (κ1) is 18.3. The molecule has 2 unspecified atom stereocenters. The molecule has 2 aromatic carbocycles. The van der Waals surface area contributed by atoms with Crippen molar-refractivity contribution in [2.75, 3.05) is 20.2 Å². The summed E-state index contributed by atoms with van der Waals surface area (Å²) in [6.07, 6.45) is -0.292. The van der Waals surface area contributed by atoms with Gasteiger partial charge in [-0.05, 0) is 30.7 Å². The normalized spacial score (nSPS) is 22.3. The second-order valence-electron chi connectivity index (χ2n) is 6.66. The van der Waals surface area contributed by atoms with Gasteiger partial charge in [0.15, 0.2) is 6.10 Å². The molecule has 6 nitrogen and oxygen atoms in total. The molecule has 2 atom stereocenters. The number of rotatable bonds is 4. The van der Waals surface area contributed by atoms with Gasteiger partial charge in [0.05, 0.1) is 25.3 Å². The summed E-state index contributed by atoms with van der Waals surface area (Å²) in [7, 11) is -2.34. The first-order chi connectivity index (χ1) is 12.9. The Kier molecular flexibility index (Phi) is 4.61. The molecule has 0 N–H and O–H groups in total. The molecular weight excluding hydrogens is 388 g/mol. The predicted octanol–water partition coefficient (Wildman–Crippen LogP) is 3.08. The number of benzene rings is 2. The van der Waals surface area contributed by atoms with Gasteiger partial charge in [-0.25, -0.2) is 8.42 Å². The Morgan fingerprint density at radius 3 is 2.74 bits per heavy atom. The number of halogens is 1. The summed E-state index contributed by atoms with van der Waals surface area (Å²) in [5.41, 5.74) is 2.87. The molecule has 0 aromatic heterocycles. The van der Waals surface area contributed by atoms with Gasteiger partial charge in [-0.2, -0.15) is 4.31 Å². The Hall–Kier alpha value is -2.09. The average molecular weight is 407 g/mol. The van der Waals surface area contributed by atoms with Crippen LogP contribution in [0.3, 0.4) is 0 Å². The van der Waals surface area contributed by atoms with Crippen LogP contribution >= 0.6 is 11.6 Å². The minimum atomic E-state index is -3.77. The molecule has 0 saturated carbocycles. The third kappa shape index (κ3) is 3.09. The molecule has 2 aliphatic rings. The van der Waals surface area contributed by atoms with Gasteiger partial charge in [0, 0.05) is 17.1 Å². The Bertz CT molecular complexity index is 1020. The van der Waals surface area contributed by atoms with Crippen LogP contribution in [0, 0.1) is 12.8 Å². The zero-order valence-corrected chi connectivity index (χ0v) is 16.5. The van der Waals surface area contributed by atoms with Crippen LogP contribution in [0.4, 0.5) is 0 Å². The Morgan fingerprint density at radius 2 is 2.00 bits per heavy atom. The van der Waals surface area contributed by atoms with Crippen molar-refractivity contribution in [2.24, 2.45) is 11.1 Å². The molecule has 2 aromatic rings. The van der Waals surface area contributed by atoms with Gasteiger partial charge < -0.3 is 9.57 Å². The molecule has 142 valence electrons. The fraction of sp³-hybridized carbons (Fsp3) is 0.316. The van der Waals surface area contributed by atoms with E-state index in [0.717, 1.165) is 16.8 Å². The highest BCUT2D eigenvalue weighted by atomic mass is 35.5. The summed E-state index contributed by atoms with van der Waals surface area (Å²) in [4.78, 5) is 5.63. The van der Waals surface area contributed by atoms with Crippen LogP contribution in [-0.2, 0) is 14.9 Å². The van der Waals surface area contributed by atoms with E-state index in [1.165, 1.54) is 17.5 Å². The quantitative estimate of drug-likeness (QED) is 0.782. The minimum Gasteiger partial charge on any atom is -0.495 e. The first-order valence-corrected chi connectivity index (χ1v) is 10.4. The van der Waals surface area contributed by atoms with Crippen molar-refractivity contribution in [3.8, 4) is 5.75 Å². The number of hydrogen-bond acceptors (Lipinski definition) is 5. The van der Waals surface area contributed by atoms with E-state index in [0.29, 0.717) is 11.6 Å². The van der Waals surface area contributed by atoms with Crippen LogP contribution in [0.1, 0.15) is 11.1 Å². The third-order valence-electron chi connectivity index (χ3n) is 5.03. The number of sulfonamides is 1. The molecule has 27 heavy (non-hydrogen) atoms. The van der Waals surface area contributed by atoms with E-state index in [-0.39, 0.29) is 29.2 Å². The summed E-state index contributed by atoms with van der Waals surface area (Å²) in [5, 5.41) is 4.58. The maximum absolute atomic E-state index is 13.2. The fourth-order valence-electron chi connectivity index (χ4n) is 3.60. The van der Waals surface area contributed by atoms with Crippen LogP contribution in [0.25, 0.3) is 0 Å². The second kappa shape index (κ2) is 6.82. The second-order valence-corrected chi connectivity index (χ2v) is 9.00. The largest absolute Gasteiger partial charge is 0.495 e. The van der Waals surface area contributed by atoms with Crippen LogP contribution in [0.5, 0.6) is 5.75 Å². The number of hydrogen-bond donors (Lipinski definition) is 0. The lowest BCUT2D eigenvalue weighted by Gasteiger charge is -2.19. The van der Waals surface area contributed by atoms with Crippen molar-refractivity contribution in [1.82, 2.24) is 4.31 Å². The Morgan fingerprint density at radius 1 is 1.22 bits per heavy atom. The Balaban J connectivity index is 1.65. The van der Waals surface area contributed by atoms with Crippen molar-refractivity contribution in [1.29, 1.82) is 0 Å². The number of fused-ring (bicyclic) bond motifs is 1. The van der Waals surface area contributed by atoms with Gasteiger partial charge in [0.2, 0.25) is 10.0 Å². The summed E-state index contributed by atoms with van der Waals surface area (Å²) in [5.74, 6) is 0.163. The molecule has 0 aliphatic carbocycles. The molecule has 1 fully saturated rings. The number of nitrogens with zero attached hydrogens (tertiary/aromatic N) is 2. The number of oxime groups is 1. The number of aryl methyl sites for hydroxylation is 1. The van der Waals surface area contributed by atoms with E-state index in [9.17, 15) is 8.42 Å². The molecular formula is C19H19ClN2O4S. The van der Waals surface area contributed by atoms with E-state index in [2.05, 4.69) is 5.16 Å². The highest BCUT2D eigenvalue weighted by Crippen LogP contribution is 2.36. The summed E-state index contributed by atoms with van der Waals surface area (Å²) in [6.45, 7) is 2.54. The molecule has 0 bridgehead atoms. The van der Waals surface area contributed by atoms with Crippen LogP contribution in [0.2, 0.25) is 5.02 Å². The van der Waals surface area contributed by atoms with Crippen LogP contribution < -0.4 is 4.74 Å². The molecule has 0 radical (unpaired) electrons. The van der Waals surface area contributed by atoms with E-state index < -0.39 is 10.0 Å². The molecule has 0 spiro atoms. The van der Waals surface area contributed by atoms with Gasteiger partial charge >= 0.3 is 0 Å². The van der Waals surface area contributed by atoms with Gasteiger partial charge in [0.1, 0.15) is 10.6 Å². The molecule has 2 heterocycles. The van der Waals surface area contributed by atoms with Crippen molar-refractivity contribution in [2.45, 2.75) is 17.9 Å². The first-order valence-electron chi connectivity index (χ1n) is 8.55. The maximum Gasteiger partial charge on any atom is 0.246 e. The van der Waals surface area contributed by atoms with Crippen molar-refractivity contribution in [3.05, 3.63) is 58.6 Å². The SMILES string of the molecule is COc1ccc(Cl)cc1S(=O)(=O)N1CC2ON=C(c3ccccc3C)C2C1. The monoisotopic (exact) mass is 406 g/mol. The topological polar surface area (TPSA) is 68.2 Å². The van der Waals surface area contributed by atoms with Gasteiger partial charge in [-0.15, -0.1) is 0 Å². The molecule has 8 heteroatoms. The predicted molar refractivity (Wildman–Crippen MR) is 103 cm³/mol.